The van der Waals surface area contributed by atoms with Gasteiger partial charge in [-0.3, -0.25) is 4.72 Å². The Morgan fingerprint density at radius 3 is 2.20 bits per heavy atom. The molecule has 5 heteroatoms. The van der Waals surface area contributed by atoms with E-state index in [2.05, 4.69) is 41.7 Å². The summed E-state index contributed by atoms with van der Waals surface area (Å²) in [6.07, 6.45) is 5.70. The maximum Gasteiger partial charge on any atom is 0.115 e. The largest absolute Gasteiger partial charge is 0.508 e. The first-order valence-corrected chi connectivity index (χ1v) is 12.0. The summed E-state index contributed by atoms with van der Waals surface area (Å²) in [5, 5.41) is 21.8. The van der Waals surface area contributed by atoms with Crippen molar-refractivity contribution in [1.82, 2.24) is 4.72 Å². The molecule has 0 aromatic heterocycles. The van der Waals surface area contributed by atoms with Gasteiger partial charge in [0.25, 0.3) is 0 Å². The number of rotatable bonds is 8. The van der Waals surface area contributed by atoms with Crippen LogP contribution in [0, 0.1) is 0 Å². The maximum absolute atomic E-state index is 12.0. The van der Waals surface area contributed by atoms with E-state index < -0.39 is 6.10 Å². The second-order valence-electron chi connectivity index (χ2n) is 8.70. The molecule has 1 aliphatic rings. The Morgan fingerprint density at radius 2 is 1.63 bits per heavy atom. The Hall–Kier alpha value is -1.69. The van der Waals surface area contributed by atoms with Crippen molar-refractivity contribution in [2.75, 3.05) is 19.0 Å². The molecule has 0 spiro atoms. The molecule has 2 atom stereocenters. The van der Waals surface area contributed by atoms with Gasteiger partial charge >= 0.3 is 0 Å². The number of fused-ring (bicyclic) bond motifs is 1. The average Bonchev–Trinajstić information content (AvgIpc) is 2.86. The highest BCUT2D eigenvalue weighted by atomic mass is 32.2. The number of benzene rings is 2. The minimum absolute atomic E-state index is 0.156. The summed E-state index contributed by atoms with van der Waals surface area (Å²) in [7, 11) is 4.09. The van der Waals surface area contributed by atoms with Crippen molar-refractivity contribution in [3.63, 3.8) is 0 Å². The Kier molecular flexibility index (Phi) is 7.72. The van der Waals surface area contributed by atoms with Gasteiger partial charge < -0.3 is 15.1 Å². The summed E-state index contributed by atoms with van der Waals surface area (Å²) < 4.78 is 3.73. The van der Waals surface area contributed by atoms with Crippen LogP contribution in [-0.2, 0) is 0 Å². The first-order chi connectivity index (χ1) is 14.4. The molecule has 2 aromatic rings. The zero-order valence-corrected chi connectivity index (χ0v) is 19.5. The van der Waals surface area contributed by atoms with Gasteiger partial charge in [0.05, 0.1) is 11.6 Å². The van der Waals surface area contributed by atoms with Gasteiger partial charge in [0.15, 0.2) is 0 Å². The van der Waals surface area contributed by atoms with Gasteiger partial charge in [-0.05, 0) is 66.2 Å². The van der Waals surface area contributed by atoms with Gasteiger partial charge in [-0.25, -0.2) is 0 Å². The fourth-order valence-electron chi connectivity index (χ4n) is 4.41. The molecule has 3 rings (SSSR count). The minimum Gasteiger partial charge on any atom is -0.508 e. The number of hydrogen-bond donors (Lipinski definition) is 3. The zero-order chi connectivity index (χ0) is 21.7. The highest BCUT2D eigenvalue weighted by Gasteiger charge is 2.45. The molecule has 3 N–H and O–H groups in total. The number of phenolic OH excluding ortho intramolecular Hbond substituents is 1. The van der Waals surface area contributed by atoms with E-state index in [1.807, 2.05) is 26.2 Å². The smallest absolute Gasteiger partial charge is 0.115 e. The van der Waals surface area contributed by atoms with Crippen molar-refractivity contribution >= 4 is 17.6 Å². The summed E-state index contributed by atoms with van der Waals surface area (Å²) >= 11 is 1.67. The third-order valence-corrected chi connectivity index (χ3v) is 7.40. The molecular weight excluding hydrogens is 392 g/mol. The lowest BCUT2D eigenvalue weighted by Crippen LogP contribution is -2.53. The Balaban J connectivity index is 2.15. The molecule has 0 fully saturated rings. The van der Waals surface area contributed by atoms with E-state index in [0.29, 0.717) is 0 Å². The molecule has 0 unspecified atom stereocenters. The lowest BCUT2D eigenvalue weighted by molar-refractivity contribution is 0.0483. The lowest BCUT2D eigenvalue weighted by atomic mass is 9.73. The predicted octanol–water partition coefficient (Wildman–Crippen LogP) is 5.68. The molecule has 0 aliphatic carbocycles. The van der Waals surface area contributed by atoms with Gasteiger partial charge in [-0.1, -0.05) is 51.7 Å². The van der Waals surface area contributed by atoms with Crippen LogP contribution in [0.2, 0.25) is 0 Å². The van der Waals surface area contributed by atoms with E-state index in [1.54, 1.807) is 24.1 Å². The third-order valence-electron chi connectivity index (χ3n) is 6.30. The van der Waals surface area contributed by atoms with Crippen LogP contribution >= 0.6 is 11.9 Å². The summed E-state index contributed by atoms with van der Waals surface area (Å²) in [5.41, 5.74) is 2.96. The van der Waals surface area contributed by atoms with E-state index in [4.69, 9.17) is 0 Å². The van der Waals surface area contributed by atoms with Crippen molar-refractivity contribution in [3.8, 4) is 5.75 Å². The Labute approximate surface area is 185 Å². The van der Waals surface area contributed by atoms with E-state index in [9.17, 15) is 10.2 Å². The second-order valence-corrected chi connectivity index (χ2v) is 9.55. The van der Waals surface area contributed by atoms with Crippen LogP contribution in [0.25, 0.3) is 0 Å². The van der Waals surface area contributed by atoms with Crippen LogP contribution < -0.4 is 9.62 Å². The van der Waals surface area contributed by atoms with Crippen LogP contribution in [0.1, 0.15) is 69.4 Å². The summed E-state index contributed by atoms with van der Waals surface area (Å²) in [4.78, 5) is 3.26. The van der Waals surface area contributed by atoms with Crippen molar-refractivity contribution in [2.24, 2.45) is 0 Å². The normalized spacial score (nSPS) is 20.4. The molecule has 4 nitrogen and oxygen atoms in total. The fraction of sp³-hybridized carbons (Fsp3) is 0.520. The molecule has 0 radical (unpaired) electrons. The van der Waals surface area contributed by atoms with Crippen LogP contribution in [0.15, 0.2) is 47.4 Å². The molecule has 0 saturated carbocycles. The van der Waals surface area contributed by atoms with E-state index in [0.717, 1.165) is 60.2 Å². The van der Waals surface area contributed by atoms with Gasteiger partial charge in [0, 0.05) is 30.6 Å². The molecule has 0 amide bonds. The van der Waals surface area contributed by atoms with Crippen molar-refractivity contribution in [3.05, 3.63) is 53.6 Å². The second kappa shape index (κ2) is 10.1. The minimum atomic E-state index is -0.564. The predicted molar refractivity (Wildman–Crippen MR) is 127 cm³/mol. The Morgan fingerprint density at radius 1 is 1.00 bits per heavy atom. The average molecular weight is 429 g/mol. The number of unbranched alkanes of at least 4 members (excludes halogenated alkanes) is 2. The maximum atomic E-state index is 12.0. The quantitative estimate of drug-likeness (QED) is 0.472. The van der Waals surface area contributed by atoms with E-state index in [1.165, 1.54) is 0 Å². The SMILES string of the molecule is CCCCC1(CCCC)NSc2ccc(N(C)C)cc2[C@@H](c2ccc(O)cc2)[C@H]1O. The van der Waals surface area contributed by atoms with Gasteiger partial charge in [0.2, 0.25) is 0 Å². The fourth-order valence-corrected chi connectivity index (χ4v) is 5.48. The number of hydrogen-bond acceptors (Lipinski definition) is 5. The zero-order valence-electron chi connectivity index (χ0n) is 18.7. The molecule has 1 heterocycles. The van der Waals surface area contributed by atoms with Crippen molar-refractivity contribution < 1.29 is 10.2 Å². The number of aromatic hydroxyl groups is 1. The van der Waals surface area contributed by atoms with Gasteiger partial charge in [-0.15, -0.1) is 0 Å². The lowest BCUT2D eigenvalue weighted by Gasteiger charge is -2.41. The molecule has 0 saturated heterocycles. The van der Waals surface area contributed by atoms with Gasteiger partial charge in [-0.2, -0.15) is 0 Å². The molecule has 30 heavy (non-hydrogen) atoms. The highest BCUT2D eigenvalue weighted by molar-refractivity contribution is 7.97. The monoisotopic (exact) mass is 428 g/mol. The van der Waals surface area contributed by atoms with Gasteiger partial charge in [0.1, 0.15) is 5.75 Å². The molecule has 1 aliphatic heterocycles. The van der Waals surface area contributed by atoms with Crippen LogP contribution in [0.4, 0.5) is 5.69 Å². The summed E-state index contributed by atoms with van der Waals surface area (Å²) in [6, 6.07) is 13.9. The third kappa shape index (κ3) is 4.79. The number of nitrogens with one attached hydrogen (secondary N) is 1. The van der Waals surface area contributed by atoms with E-state index in [-0.39, 0.29) is 17.2 Å². The number of nitrogens with zero attached hydrogens (tertiary/aromatic N) is 1. The highest BCUT2D eigenvalue weighted by Crippen LogP contribution is 2.46. The molecular formula is C25H36N2O2S. The molecule has 164 valence electrons. The number of anilines is 1. The molecule has 0 bridgehead atoms. The Bertz CT molecular complexity index is 814. The van der Waals surface area contributed by atoms with Crippen LogP contribution in [-0.4, -0.2) is 36.0 Å². The number of aliphatic hydroxyl groups is 1. The first-order valence-electron chi connectivity index (χ1n) is 11.1. The summed E-state index contributed by atoms with van der Waals surface area (Å²) in [5.74, 6) is 0.0940. The first kappa shape index (κ1) is 23.0. The van der Waals surface area contributed by atoms with E-state index >= 15 is 0 Å². The number of phenols is 1. The number of aliphatic hydroxyl groups excluding tert-OH is 1. The summed E-state index contributed by atoms with van der Waals surface area (Å²) in [6.45, 7) is 4.42. The van der Waals surface area contributed by atoms with Crippen LogP contribution in [0.3, 0.4) is 0 Å². The van der Waals surface area contributed by atoms with Crippen molar-refractivity contribution in [2.45, 2.75) is 74.8 Å². The van der Waals surface area contributed by atoms with Crippen LogP contribution in [0.5, 0.6) is 5.75 Å². The topological polar surface area (TPSA) is 55.7 Å². The molecule has 2 aromatic carbocycles. The van der Waals surface area contributed by atoms with Crippen molar-refractivity contribution in [1.29, 1.82) is 0 Å². The standard InChI is InChI=1S/C25H36N2O2S/c1-5-7-15-25(16-8-6-2)24(29)23(18-9-12-20(28)13-10-18)21-17-19(27(3)4)11-14-22(21)30-26-25/h9-14,17,23-24,26,28-29H,5-8,15-16H2,1-4H3/t23-,24-/m1/s1.